The van der Waals surface area contributed by atoms with Crippen molar-refractivity contribution in [2.75, 3.05) is 39.3 Å². The zero-order chi connectivity index (χ0) is 17.8. The van der Waals surface area contributed by atoms with E-state index in [1.165, 1.54) is 5.56 Å². The predicted molar refractivity (Wildman–Crippen MR) is 101 cm³/mol. The van der Waals surface area contributed by atoms with Crippen LogP contribution in [0.1, 0.15) is 15.9 Å². The van der Waals surface area contributed by atoms with Gasteiger partial charge in [0.15, 0.2) is 6.23 Å². The number of ether oxygens (including phenoxy) is 1. The van der Waals surface area contributed by atoms with Gasteiger partial charge in [-0.3, -0.25) is 14.6 Å². The third-order valence-electron chi connectivity index (χ3n) is 5.19. The van der Waals surface area contributed by atoms with Crippen LogP contribution in [0.5, 0.6) is 5.75 Å². The standard InChI is InChI=1S/C21H25N3O2/c25-21(17-6-2-1-3-7-17)22-10-11-23-12-14-24(15-13-23)20-16-18-8-4-5-9-19(18)26-20/h1-9,20H,10-16H2,(H,22,25). The second kappa shape index (κ2) is 7.89. The minimum atomic E-state index is 0.00126. The van der Waals surface area contributed by atoms with Crippen molar-refractivity contribution in [3.05, 3.63) is 65.7 Å². The smallest absolute Gasteiger partial charge is 0.251 e. The van der Waals surface area contributed by atoms with Gasteiger partial charge in [-0.25, -0.2) is 0 Å². The number of piperazine rings is 1. The van der Waals surface area contributed by atoms with Crippen LogP contribution in [-0.2, 0) is 6.42 Å². The van der Waals surface area contributed by atoms with Crippen molar-refractivity contribution in [1.29, 1.82) is 0 Å². The SMILES string of the molecule is O=C(NCCN1CCN(C2Cc3ccccc3O2)CC1)c1ccccc1. The summed E-state index contributed by atoms with van der Waals surface area (Å²) < 4.78 is 6.09. The van der Waals surface area contributed by atoms with Gasteiger partial charge in [0.2, 0.25) is 0 Å². The highest BCUT2D eigenvalue weighted by molar-refractivity contribution is 5.94. The van der Waals surface area contributed by atoms with E-state index in [9.17, 15) is 4.79 Å². The summed E-state index contributed by atoms with van der Waals surface area (Å²) in [5.74, 6) is 1.03. The quantitative estimate of drug-likeness (QED) is 0.895. The Morgan fingerprint density at radius 3 is 2.50 bits per heavy atom. The number of amides is 1. The topological polar surface area (TPSA) is 44.8 Å². The van der Waals surface area contributed by atoms with Crippen LogP contribution < -0.4 is 10.1 Å². The highest BCUT2D eigenvalue weighted by Gasteiger charge is 2.30. The maximum Gasteiger partial charge on any atom is 0.251 e. The summed E-state index contributed by atoms with van der Waals surface area (Å²) in [5, 5.41) is 3.01. The van der Waals surface area contributed by atoms with E-state index in [1.807, 2.05) is 36.4 Å². The number of para-hydroxylation sites is 1. The number of benzene rings is 2. The summed E-state index contributed by atoms with van der Waals surface area (Å²) >= 11 is 0. The van der Waals surface area contributed by atoms with Gasteiger partial charge in [0, 0.05) is 51.3 Å². The van der Waals surface area contributed by atoms with Crippen molar-refractivity contribution in [2.24, 2.45) is 0 Å². The van der Waals surface area contributed by atoms with Crippen molar-refractivity contribution in [2.45, 2.75) is 12.6 Å². The molecule has 2 aliphatic rings. The van der Waals surface area contributed by atoms with Crippen molar-refractivity contribution < 1.29 is 9.53 Å². The van der Waals surface area contributed by atoms with E-state index >= 15 is 0 Å². The van der Waals surface area contributed by atoms with Gasteiger partial charge >= 0.3 is 0 Å². The van der Waals surface area contributed by atoms with Crippen molar-refractivity contribution in [3.63, 3.8) is 0 Å². The van der Waals surface area contributed by atoms with Gasteiger partial charge in [0.1, 0.15) is 5.75 Å². The third kappa shape index (κ3) is 3.89. The van der Waals surface area contributed by atoms with Gasteiger partial charge in [0.05, 0.1) is 0 Å². The first-order valence-electron chi connectivity index (χ1n) is 9.34. The Morgan fingerprint density at radius 2 is 1.73 bits per heavy atom. The summed E-state index contributed by atoms with van der Waals surface area (Å²) in [6, 6.07) is 17.7. The number of hydrogen-bond donors (Lipinski definition) is 1. The van der Waals surface area contributed by atoms with Gasteiger partial charge in [-0.2, -0.15) is 0 Å². The van der Waals surface area contributed by atoms with Crippen LogP contribution in [0.3, 0.4) is 0 Å². The molecular weight excluding hydrogens is 326 g/mol. The molecule has 26 heavy (non-hydrogen) atoms. The average molecular weight is 351 g/mol. The molecule has 136 valence electrons. The van der Waals surface area contributed by atoms with E-state index < -0.39 is 0 Å². The van der Waals surface area contributed by atoms with Gasteiger partial charge in [-0.05, 0) is 23.8 Å². The monoisotopic (exact) mass is 351 g/mol. The Balaban J connectivity index is 1.18. The lowest BCUT2D eigenvalue weighted by molar-refractivity contribution is 0.00590. The van der Waals surface area contributed by atoms with Crippen LogP contribution >= 0.6 is 0 Å². The Kier molecular flexibility index (Phi) is 5.18. The zero-order valence-corrected chi connectivity index (χ0v) is 14.9. The van der Waals surface area contributed by atoms with E-state index in [0.29, 0.717) is 6.54 Å². The maximum absolute atomic E-state index is 12.1. The van der Waals surface area contributed by atoms with Crippen LogP contribution in [-0.4, -0.2) is 61.2 Å². The van der Waals surface area contributed by atoms with Crippen LogP contribution in [0, 0.1) is 0 Å². The second-order valence-corrected chi connectivity index (χ2v) is 6.88. The number of nitrogens with zero attached hydrogens (tertiary/aromatic N) is 2. The molecule has 1 N–H and O–H groups in total. The number of hydrogen-bond acceptors (Lipinski definition) is 4. The number of fused-ring (bicyclic) bond motifs is 1. The number of rotatable bonds is 5. The molecule has 2 aromatic carbocycles. The predicted octanol–water partition coefficient (Wildman–Crippen LogP) is 2.00. The van der Waals surface area contributed by atoms with Crippen molar-refractivity contribution >= 4 is 5.91 Å². The third-order valence-corrected chi connectivity index (χ3v) is 5.19. The van der Waals surface area contributed by atoms with Crippen LogP contribution in [0.25, 0.3) is 0 Å². The lowest BCUT2D eigenvalue weighted by atomic mass is 10.1. The summed E-state index contributed by atoms with van der Waals surface area (Å²) in [6.07, 6.45) is 1.15. The fourth-order valence-corrected chi connectivity index (χ4v) is 3.66. The first-order valence-corrected chi connectivity index (χ1v) is 9.34. The number of carbonyl (C=O) groups excluding carboxylic acids is 1. The maximum atomic E-state index is 12.1. The highest BCUT2D eigenvalue weighted by Crippen LogP contribution is 2.29. The summed E-state index contributed by atoms with van der Waals surface area (Å²) in [4.78, 5) is 16.9. The Hall–Kier alpha value is -2.37. The normalized spacial score (nSPS) is 20.4. The first kappa shape index (κ1) is 17.1. The van der Waals surface area contributed by atoms with Crippen molar-refractivity contribution in [1.82, 2.24) is 15.1 Å². The molecule has 0 bridgehead atoms. The van der Waals surface area contributed by atoms with E-state index in [0.717, 1.165) is 50.5 Å². The fraction of sp³-hybridized carbons (Fsp3) is 0.381. The van der Waals surface area contributed by atoms with Crippen molar-refractivity contribution in [3.8, 4) is 5.75 Å². The second-order valence-electron chi connectivity index (χ2n) is 6.88. The first-order chi connectivity index (χ1) is 12.8. The molecule has 0 radical (unpaired) electrons. The van der Waals surface area contributed by atoms with Gasteiger partial charge in [-0.1, -0.05) is 36.4 Å². The Labute approximate surface area is 154 Å². The molecule has 0 saturated carbocycles. The Bertz CT molecular complexity index is 717. The molecule has 4 rings (SSSR count). The van der Waals surface area contributed by atoms with Gasteiger partial charge in [0.25, 0.3) is 5.91 Å². The average Bonchev–Trinajstić information content (AvgIpc) is 3.13. The molecule has 5 nitrogen and oxygen atoms in total. The zero-order valence-electron chi connectivity index (χ0n) is 14.9. The molecule has 5 heteroatoms. The number of nitrogens with one attached hydrogen (secondary N) is 1. The molecule has 2 aromatic rings. The minimum Gasteiger partial charge on any atom is -0.474 e. The van der Waals surface area contributed by atoms with E-state index in [4.69, 9.17) is 4.74 Å². The fourth-order valence-electron chi connectivity index (χ4n) is 3.66. The van der Waals surface area contributed by atoms with E-state index in [2.05, 4.69) is 33.3 Å². The molecule has 2 heterocycles. The number of carbonyl (C=O) groups is 1. The van der Waals surface area contributed by atoms with E-state index in [1.54, 1.807) is 0 Å². The Morgan fingerprint density at radius 1 is 1.00 bits per heavy atom. The molecule has 0 spiro atoms. The molecule has 1 saturated heterocycles. The summed E-state index contributed by atoms with van der Waals surface area (Å²) in [6.45, 7) is 5.60. The van der Waals surface area contributed by atoms with Gasteiger partial charge < -0.3 is 10.1 Å². The summed E-state index contributed by atoms with van der Waals surface area (Å²) in [7, 11) is 0. The van der Waals surface area contributed by atoms with Gasteiger partial charge in [-0.15, -0.1) is 0 Å². The lowest BCUT2D eigenvalue weighted by Gasteiger charge is -2.37. The molecule has 1 unspecified atom stereocenters. The van der Waals surface area contributed by atoms with E-state index in [-0.39, 0.29) is 12.1 Å². The van der Waals surface area contributed by atoms with Crippen LogP contribution in [0.2, 0.25) is 0 Å². The van der Waals surface area contributed by atoms with Crippen LogP contribution in [0.15, 0.2) is 54.6 Å². The largest absolute Gasteiger partial charge is 0.474 e. The summed E-state index contributed by atoms with van der Waals surface area (Å²) in [5.41, 5.74) is 2.03. The molecule has 1 amide bonds. The molecule has 1 fully saturated rings. The molecule has 1 atom stereocenters. The molecule has 0 aliphatic carbocycles. The van der Waals surface area contributed by atoms with Crippen LogP contribution in [0.4, 0.5) is 0 Å². The lowest BCUT2D eigenvalue weighted by Crippen LogP contribution is -2.52. The highest BCUT2D eigenvalue weighted by atomic mass is 16.5. The molecule has 0 aromatic heterocycles. The molecule has 2 aliphatic heterocycles. The minimum absolute atomic E-state index is 0.00126. The molecular formula is C21H25N3O2.